The van der Waals surface area contributed by atoms with E-state index in [-0.39, 0.29) is 6.61 Å². The van der Waals surface area contributed by atoms with Gasteiger partial charge in [0.05, 0.1) is 18.6 Å². The lowest BCUT2D eigenvalue weighted by molar-refractivity contribution is -0.104. The van der Waals surface area contributed by atoms with E-state index in [1.54, 1.807) is 19.1 Å². The minimum atomic E-state index is -0.932. The zero-order valence-corrected chi connectivity index (χ0v) is 11.5. The van der Waals surface area contributed by atoms with E-state index in [1.165, 1.54) is 18.1 Å². The van der Waals surface area contributed by atoms with Crippen molar-refractivity contribution in [2.45, 2.75) is 25.4 Å². The average Bonchev–Trinajstić information content (AvgIpc) is 2.76. The molecule has 4 atom stereocenters. The Hall–Kier alpha value is -1.70. The number of nitrogens with zero attached hydrogens (tertiary/aromatic N) is 1. The van der Waals surface area contributed by atoms with Crippen molar-refractivity contribution < 1.29 is 24.5 Å². The summed E-state index contributed by atoms with van der Waals surface area (Å²) in [7, 11) is 1.45. The number of carbonyl (C=O) groups excluding carboxylic acids is 2. The van der Waals surface area contributed by atoms with Crippen LogP contribution in [0.5, 0.6) is 0 Å². The van der Waals surface area contributed by atoms with Crippen molar-refractivity contribution in [3.05, 3.63) is 24.4 Å². The molecule has 1 saturated heterocycles. The van der Waals surface area contributed by atoms with E-state index in [0.29, 0.717) is 6.29 Å². The summed E-state index contributed by atoms with van der Waals surface area (Å²) in [4.78, 5) is 23.5. The smallest absolute Gasteiger partial charge is 0.323 e. The first kappa shape index (κ1) is 16.4. The lowest BCUT2D eigenvalue weighted by Gasteiger charge is -2.27. The second-order valence-corrected chi connectivity index (χ2v) is 4.28. The zero-order chi connectivity index (χ0) is 15.1. The number of hydrogen-bond donors (Lipinski definition) is 3. The molecule has 20 heavy (non-hydrogen) atoms. The molecule has 1 rings (SSSR count). The van der Waals surface area contributed by atoms with E-state index in [9.17, 15) is 19.8 Å². The quantitative estimate of drug-likeness (QED) is 0.363. The molecule has 0 bridgehead atoms. The molecule has 0 radical (unpaired) electrons. The molecule has 0 aromatic rings. The minimum absolute atomic E-state index is 0.356. The van der Waals surface area contributed by atoms with Gasteiger partial charge < -0.3 is 20.3 Å². The predicted octanol–water partition coefficient (Wildman–Crippen LogP) is -0.389. The fraction of sp³-hybridized carbons (Fsp3) is 0.538. The van der Waals surface area contributed by atoms with Crippen molar-refractivity contribution in [1.29, 1.82) is 0 Å². The second-order valence-electron chi connectivity index (χ2n) is 4.28. The third kappa shape index (κ3) is 3.44. The summed E-state index contributed by atoms with van der Waals surface area (Å²) < 4.78 is 5.52. The molecule has 7 heteroatoms. The number of aliphatic hydroxyl groups is 2. The molecule has 1 fully saturated rings. The van der Waals surface area contributed by atoms with Crippen molar-refractivity contribution in [2.75, 3.05) is 13.7 Å². The minimum Gasteiger partial charge on any atom is -0.394 e. The van der Waals surface area contributed by atoms with Crippen LogP contribution in [0, 0.1) is 5.92 Å². The SMILES string of the molecule is C/C=C/C1[C@H](N(/C=C\C=O)C(=O)NC)O[C@H](CO)[C@H]1O. The van der Waals surface area contributed by atoms with Crippen molar-refractivity contribution in [3.8, 4) is 0 Å². The van der Waals surface area contributed by atoms with E-state index < -0.39 is 30.4 Å². The number of rotatable bonds is 5. The van der Waals surface area contributed by atoms with Crippen molar-refractivity contribution in [3.63, 3.8) is 0 Å². The average molecular weight is 284 g/mol. The van der Waals surface area contributed by atoms with Crippen LogP contribution in [-0.2, 0) is 9.53 Å². The molecule has 1 unspecified atom stereocenters. The lowest BCUT2D eigenvalue weighted by atomic mass is 9.99. The summed E-state index contributed by atoms with van der Waals surface area (Å²) in [6.07, 6.45) is 3.90. The molecule has 0 aliphatic carbocycles. The van der Waals surface area contributed by atoms with Crippen LogP contribution in [-0.4, -0.2) is 59.5 Å². The number of allylic oxidation sites excluding steroid dienone is 2. The molecule has 1 heterocycles. The number of carbonyl (C=O) groups is 2. The maximum atomic E-state index is 11.9. The normalized spacial score (nSPS) is 30.0. The Kier molecular flexibility index (Phi) is 6.37. The van der Waals surface area contributed by atoms with Gasteiger partial charge in [-0.15, -0.1) is 0 Å². The van der Waals surface area contributed by atoms with Crippen molar-refractivity contribution in [2.24, 2.45) is 5.92 Å². The molecule has 3 N–H and O–H groups in total. The van der Waals surface area contributed by atoms with Crippen LogP contribution in [0.25, 0.3) is 0 Å². The Labute approximate surface area is 117 Å². The Morgan fingerprint density at radius 1 is 1.50 bits per heavy atom. The highest BCUT2D eigenvalue weighted by atomic mass is 16.5. The van der Waals surface area contributed by atoms with Crippen LogP contribution in [0.4, 0.5) is 4.79 Å². The molecule has 0 spiro atoms. The molecule has 0 saturated carbocycles. The van der Waals surface area contributed by atoms with Gasteiger partial charge in [-0.25, -0.2) is 4.79 Å². The molecule has 0 aromatic carbocycles. The molecule has 0 aromatic heterocycles. The maximum absolute atomic E-state index is 11.9. The summed E-state index contributed by atoms with van der Waals surface area (Å²) in [5, 5.41) is 21.7. The summed E-state index contributed by atoms with van der Waals surface area (Å²) in [5.41, 5.74) is 0. The second kappa shape index (κ2) is 7.78. The van der Waals surface area contributed by atoms with Gasteiger partial charge >= 0.3 is 6.03 Å². The predicted molar refractivity (Wildman–Crippen MR) is 71.6 cm³/mol. The molecular formula is C13H20N2O5. The molecule has 1 aliphatic heterocycles. The maximum Gasteiger partial charge on any atom is 0.323 e. The van der Waals surface area contributed by atoms with Gasteiger partial charge in [-0.05, 0) is 13.0 Å². The Bertz CT molecular complexity index is 396. The van der Waals surface area contributed by atoms with Crippen LogP contribution in [0.1, 0.15) is 6.92 Å². The Balaban J connectivity index is 3.05. The first-order valence-electron chi connectivity index (χ1n) is 6.29. The number of hydrogen-bond acceptors (Lipinski definition) is 5. The number of aldehydes is 1. The van der Waals surface area contributed by atoms with Gasteiger partial charge in [-0.1, -0.05) is 12.2 Å². The molecule has 7 nitrogen and oxygen atoms in total. The molecule has 2 amide bonds. The zero-order valence-electron chi connectivity index (χ0n) is 11.5. The molecule has 1 aliphatic rings. The first-order valence-corrected chi connectivity index (χ1v) is 6.29. The third-order valence-electron chi connectivity index (χ3n) is 3.06. The van der Waals surface area contributed by atoms with Gasteiger partial charge in [-0.3, -0.25) is 9.69 Å². The number of nitrogens with one attached hydrogen (secondary N) is 1. The number of amides is 2. The Morgan fingerprint density at radius 3 is 2.70 bits per heavy atom. The third-order valence-corrected chi connectivity index (χ3v) is 3.06. The summed E-state index contributed by atoms with van der Waals surface area (Å²) in [6.45, 7) is 1.42. The van der Waals surface area contributed by atoms with Crippen LogP contribution < -0.4 is 5.32 Å². The highest BCUT2D eigenvalue weighted by Crippen LogP contribution is 2.31. The van der Waals surface area contributed by atoms with E-state index in [1.807, 2.05) is 0 Å². The van der Waals surface area contributed by atoms with Crippen LogP contribution in [0.2, 0.25) is 0 Å². The standard InChI is InChI=1S/C13H20N2O5/c1-3-5-9-11(18)10(8-17)20-12(9)15(6-4-7-16)13(19)14-2/h3-7,9-12,17-18H,8H2,1-2H3,(H,14,19)/b5-3+,6-4-/t9?,10-,11+,12-/m1/s1. The summed E-state index contributed by atoms with van der Waals surface area (Å²) in [5.74, 6) is -0.495. The van der Waals surface area contributed by atoms with Crippen molar-refractivity contribution >= 4 is 12.3 Å². The molecule has 112 valence electrons. The van der Waals surface area contributed by atoms with Crippen molar-refractivity contribution in [1.82, 2.24) is 10.2 Å². The highest BCUT2D eigenvalue weighted by Gasteiger charge is 2.45. The first-order chi connectivity index (χ1) is 9.60. The monoisotopic (exact) mass is 284 g/mol. The lowest BCUT2D eigenvalue weighted by Crippen LogP contribution is -2.44. The number of ether oxygens (including phenoxy) is 1. The number of aliphatic hydroxyl groups excluding tert-OH is 2. The van der Waals surface area contributed by atoms with E-state index in [2.05, 4.69) is 5.32 Å². The summed E-state index contributed by atoms with van der Waals surface area (Å²) in [6, 6.07) is -0.478. The van der Waals surface area contributed by atoms with Crippen LogP contribution >= 0.6 is 0 Å². The fourth-order valence-electron chi connectivity index (χ4n) is 2.13. The molecular weight excluding hydrogens is 264 g/mol. The van der Waals surface area contributed by atoms with Crippen LogP contribution in [0.15, 0.2) is 24.4 Å². The Morgan fingerprint density at radius 2 is 2.20 bits per heavy atom. The largest absolute Gasteiger partial charge is 0.394 e. The van der Waals surface area contributed by atoms with Gasteiger partial charge in [0.2, 0.25) is 0 Å². The topological polar surface area (TPSA) is 99.1 Å². The fourth-order valence-corrected chi connectivity index (χ4v) is 2.13. The van der Waals surface area contributed by atoms with Crippen LogP contribution in [0.3, 0.4) is 0 Å². The van der Waals surface area contributed by atoms with Gasteiger partial charge in [-0.2, -0.15) is 0 Å². The van der Waals surface area contributed by atoms with E-state index in [0.717, 1.165) is 6.08 Å². The van der Waals surface area contributed by atoms with Gasteiger partial charge in [0.25, 0.3) is 0 Å². The van der Waals surface area contributed by atoms with Gasteiger partial charge in [0.15, 0.2) is 0 Å². The summed E-state index contributed by atoms with van der Waals surface area (Å²) >= 11 is 0. The van der Waals surface area contributed by atoms with E-state index >= 15 is 0 Å². The number of urea groups is 1. The highest BCUT2D eigenvalue weighted by molar-refractivity contribution is 5.76. The van der Waals surface area contributed by atoms with Gasteiger partial charge in [0.1, 0.15) is 18.6 Å². The van der Waals surface area contributed by atoms with E-state index in [4.69, 9.17) is 4.74 Å². The van der Waals surface area contributed by atoms with Gasteiger partial charge in [0, 0.05) is 13.2 Å².